The number of hydrogen-bond donors (Lipinski definition) is 2. The number of alkyl halides is 1. The molecule has 0 fully saturated rings. The second kappa shape index (κ2) is 3.62. The van der Waals surface area contributed by atoms with Crippen molar-refractivity contribution >= 4 is 23.1 Å². The number of halogens is 2. The summed E-state index contributed by atoms with van der Waals surface area (Å²) in [5.74, 6) is -1.99. The van der Waals surface area contributed by atoms with Gasteiger partial charge in [0, 0.05) is 6.07 Å². The molecule has 0 radical (unpaired) electrons. The van der Waals surface area contributed by atoms with Gasteiger partial charge in [0.2, 0.25) is 0 Å². The Balaban J connectivity index is 3.28. The third-order valence-corrected chi connectivity index (χ3v) is 1.77. The first-order valence-electron chi connectivity index (χ1n) is 3.43. The Labute approximate surface area is 78.9 Å². The molecule has 1 aromatic carbocycles. The molecule has 0 bridgehead atoms. The van der Waals surface area contributed by atoms with Crippen LogP contribution in [0.1, 0.15) is 10.4 Å². The molecule has 0 spiro atoms. The molecular formula is C8H7ClFNO2. The van der Waals surface area contributed by atoms with Crippen LogP contribution in [-0.4, -0.2) is 16.8 Å². The fourth-order valence-corrected chi connectivity index (χ4v) is 1.05. The first kappa shape index (κ1) is 9.80. The number of carbonyl (C=O) groups is 1. The Morgan fingerprint density at radius 1 is 1.62 bits per heavy atom. The van der Waals surface area contributed by atoms with Crippen LogP contribution in [0.25, 0.3) is 0 Å². The van der Waals surface area contributed by atoms with Crippen LogP contribution in [0.4, 0.5) is 10.1 Å². The van der Waals surface area contributed by atoms with E-state index < -0.39 is 17.3 Å². The third kappa shape index (κ3) is 1.89. The van der Waals surface area contributed by atoms with Crippen LogP contribution in [0.2, 0.25) is 0 Å². The second-order valence-corrected chi connectivity index (χ2v) is 2.72. The SMILES string of the molecule is Nc1cc(F)cc(C(=O)CCl)c1O. The van der Waals surface area contributed by atoms with E-state index in [0.717, 1.165) is 12.1 Å². The number of carbonyl (C=O) groups excluding carboxylic acids is 1. The smallest absolute Gasteiger partial charge is 0.181 e. The number of phenols is 1. The van der Waals surface area contributed by atoms with Gasteiger partial charge in [-0.05, 0) is 6.07 Å². The summed E-state index contributed by atoms with van der Waals surface area (Å²) in [7, 11) is 0. The van der Waals surface area contributed by atoms with Crippen molar-refractivity contribution in [1.29, 1.82) is 0 Å². The first-order chi connectivity index (χ1) is 6.06. The van der Waals surface area contributed by atoms with Crippen molar-refractivity contribution in [3.05, 3.63) is 23.5 Å². The molecule has 0 amide bonds. The van der Waals surface area contributed by atoms with Crippen LogP contribution in [0.5, 0.6) is 5.75 Å². The Hall–Kier alpha value is -1.29. The average Bonchev–Trinajstić information content (AvgIpc) is 2.10. The van der Waals surface area contributed by atoms with Gasteiger partial charge in [0.1, 0.15) is 11.6 Å². The lowest BCUT2D eigenvalue weighted by atomic mass is 10.1. The fraction of sp³-hybridized carbons (Fsp3) is 0.125. The van der Waals surface area contributed by atoms with Crippen molar-refractivity contribution in [2.75, 3.05) is 11.6 Å². The predicted octanol–water partition coefficient (Wildman–Crippen LogP) is 1.54. The van der Waals surface area contributed by atoms with Crippen molar-refractivity contribution in [2.45, 2.75) is 0 Å². The Morgan fingerprint density at radius 3 is 2.77 bits per heavy atom. The van der Waals surface area contributed by atoms with Gasteiger partial charge in [0.25, 0.3) is 0 Å². The molecule has 0 heterocycles. The molecule has 1 rings (SSSR count). The normalized spacial score (nSPS) is 10.0. The van der Waals surface area contributed by atoms with Crippen molar-refractivity contribution in [2.24, 2.45) is 0 Å². The maximum atomic E-state index is 12.7. The van der Waals surface area contributed by atoms with Crippen LogP contribution in [0.3, 0.4) is 0 Å². The third-order valence-electron chi connectivity index (χ3n) is 1.53. The Bertz CT molecular complexity index is 354. The van der Waals surface area contributed by atoms with Crippen LogP contribution < -0.4 is 5.73 Å². The lowest BCUT2D eigenvalue weighted by Crippen LogP contribution is -2.03. The molecular weight excluding hydrogens is 197 g/mol. The van der Waals surface area contributed by atoms with Crippen LogP contribution in [0, 0.1) is 5.82 Å². The summed E-state index contributed by atoms with van der Waals surface area (Å²) in [6.07, 6.45) is 0. The van der Waals surface area contributed by atoms with Crippen LogP contribution >= 0.6 is 11.6 Å². The number of hydrogen-bond acceptors (Lipinski definition) is 3. The van der Waals surface area contributed by atoms with E-state index >= 15 is 0 Å². The van der Waals surface area contributed by atoms with Gasteiger partial charge in [-0.25, -0.2) is 4.39 Å². The molecule has 0 unspecified atom stereocenters. The molecule has 3 nitrogen and oxygen atoms in total. The van der Waals surface area contributed by atoms with E-state index in [1.165, 1.54) is 0 Å². The van der Waals surface area contributed by atoms with E-state index in [-0.39, 0.29) is 17.1 Å². The van der Waals surface area contributed by atoms with Crippen LogP contribution in [-0.2, 0) is 0 Å². The van der Waals surface area contributed by atoms with Gasteiger partial charge in [-0.3, -0.25) is 4.79 Å². The van der Waals surface area contributed by atoms with Crippen molar-refractivity contribution < 1.29 is 14.3 Å². The van der Waals surface area contributed by atoms with E-state index in [4.69, 9.17) is 17.3 Å². The van der Waals surface area contributed by atoms with Crippen LogP contribution in [0.15, 0.2) is 12.1 Å². The van der Waals surface area contributed by atoms with Gasteiger partial charge in [0.05, 0.1) is 17.1 Å². The maximum Gasteiger partial charge on any atom is 0.181 e. The minimum absolute atomic E-state index is 0.173. The number of nitrogens with two attached hydrogens (primary N) is 1. The van der Waals surface area contributed by atoms with Crippen molar-refractivity contribution in [1.82, 2.24) is 0 Å². The summed E-state index contributed by atoms with van der Waals surface area (Å²) in [6, 6.07) is 1.83. The molecule has 70 valence electrons. The van der Waals surface area contributed by atoms with E-state index in [1.807, 2.05) is 0 Å². The molecule has 0 aliphatic rings. The van der Waals surface area contributed by atoms with E-state index in [9.17, 15) is 14.3 Å². The van der Waals surface area contributed by atoms with Crippen molar-refractivity contribution in [3.8, 4) is 5.75 Å². The highest BCUT2D eigenvalue weighted by Crippen LogP contribution is 2.26. The quantitative estimate of drug-likeness (QED) is 0.332. The van der Waals surface area contributed by atoms with E-state index in [0.29, 0.717) is 0 Å². The molecule has 1 aromatic rings. The van der Waals surface area contributed by atoms with E-state index in [1.54, 1.807) is 0 Å². The Morgan fingerprint density at radius 2 is 2.23 bits per heavy atom. The predicted molar refractivity (Wildman–Crippen MR) is 47.5 cm³/mol. The number of rotatable bonds is 2. The first-order valence-corrected chi connectivity index (χ1v) is 3.97. The summed E-state index contributed by atoms with van der Waals surface area (Å²) in [6.45, 7) is 0. The average molecular weight is 204 g/mol. The highest BCUT2D eigenvalue weighted by atomic mass is 35.5. The molecule has 0 saturated carbocycles. The maximum absolute atomic E-state index is 12.7. The number of aromatic hydroxyl groups is 1. The van der Waals surface area contributed by atoms with Gasteiger partial charge in [-0.1, -0.05) is 0 Å². The zero-order valence-corrected chi connectivity index (χ0v) is 7.31. The van der Waals surface area contributed by atoms with E-state index in [2.05, 4.69) is 0 Å². The van der Waals surface area contributed by atoms with Gasteiger partial charge in [0.15, 0.2) is 5.78 Å². The summed E-state index contributed by atoms with van der Waals surface area (Å²) >= 11 is 5.24. The fourth-order valence-electron chi connectivity index (χ4n) is 0.905. The second-order valence-electron chi connectivity index (χ2n) is 2.45. The number of anilines is 1. The number of benzene rings is 1. The summed E-state index contributed by atoms with van der Waals surface area (Å²) < 4.78 is 12.7. The van der Waals surface area contributed by atoms with Gasteiger partial charge < -0.3 is 10.8 Å². The molecule has 0 saturated heterocycles. The minimum Gasteiger partial charge on any atom is -0.505 e. The molecule has 3 N–H and O–H groups in total. The lowest BCUT2D eigenvalue weighted by molar-refractivity contribution is 0.101. The minimum atomic E-state index is -0.677. The van der Waals surface area contributed by atoms with Gasteiger partial charge in [-0.15, -0.1) is 11.6 Å². The topological polar surface area (TPSA) is 63.3 Å². The zero-order valence-electron chi connectivity index (χ0n) is 6.55. The molecule has 0 aliphatic heterocycles. The molecule has 0 atom stereocenters. The summed E-state index contributed by atoms with van der Waals surface area (Å²) in [4.78, 5) is 11.0. The summed E-state index contributed by atoms with van der Waals surface area (Å²) in [5.41, 5.74) is 4.87. The molecule has 5 heteroatoms. The number of phenolic OH excluding ortho intramolecular Hbond substituents is 1. The van der Waals surface area contributed by atoms with Gasteiger partial charge >= 0.3 is 0 Å². The molecule has 0 aliphatic carbocycles. The highest BCUT2D eigenvalue weighted by molar-refractivity contribution is 6.30. The Kier molecular flexibility index (Phi) is 2.72. The standard InChI is InChI=1S/C8H7ClFNO2/c9-3-7(12)5-1-4(10)2-6(11)8(5)13/h1-2,13H,3,11H2. The summed E-state index contributed by atoms with van der Waals surface area (Å²) in [5, 5.41) is 9.25. The number of ketones is 1. The number of nitrogen functional groups attached to an aromatic ring is 1. The highest BCUT2D eigenvalue weighted by Gasteiger charge is 2.13. The molecule has 13 heavy (non-hydrogen) atoms. The largest absolute Gasteiger partial charge is 0.505 e. The van der Waals surface area contributed by atoms with Gasteiger partial charge in [-0.2, -0.15) is 0 Å². The lowest BCUT2D eigenvalue weighted by Gasteiger charge is -2.04. The zero-order chi connectivity index (χ0) is 10.0. The monoisotopic (exact) mass is 203 g/mol. The molecule has 0 aromatic heterocycles. The number of Topliss-reactive ketones (excluding diaryl/α,β-unsaturated/α-hetero) is 1. The van der Waals surface area contributed by atoms with Crippen molar-refractivity contribution in [3.63, 3.8) is 0 Å².